The van der Waals surface area contributed by atoms with Gasteiger partial charge in [-0.3, -0.25) is 0 Å². The van der Waals surface area contributed by atoms with Gasteiger partial charge in [0.05, 0.1) is 11.2 Å². The summed E-state index contributed by atoms with van der Waals surface area (Å²) in [7, 11) is 0. The van der Waals surface area contributed by atoms with Crippen molar-refractivity contribution in [2.24, 2.45) is 0 Å². The van der Waals surface area contributed by atoms with Crippen molar-refractivity contribution in [3.8, 4) is 0 Å². The molecule has 0 unspecified atom stereocenters. The summed E-state index contributed by atoms with van der Waals surface area (Å²) in [6.07, 6.45) is 8.40. The maximum Gasteiger partial charge on any atom is 0.116 e. The smallest absolute Gasteiger partial charge is 0.116 e. The van der Waals surface area contributed by atoms with Crippen molar-refractivity contribution in [1.82, 2.24) is 9.97 Å². The van der Waals surface area contributed by atoms with Crippen LogP contribution in [0.5, 0.6) is 0 Å². The summed E-state index contributed by atoms with van der Waals surface area (Å²) < 4.78 is 0. The zero-order valence-electron chi connectivity index (χ0n) is 10.3. The molecule has 1 saturated carbocycles. The first kappa shape index (κ1) is 10.7. The third kappa shape index (κ3) is 1.92. The molecule has 0 atom stereocenters. The average Bonchev–Trinajstić information content (AvgIpc) is 2.40. The number of para-hydroxylation sites is 1. The second-order valence-corrected chi connectivity index (χ2v) is 5.06. The predicted molar refractivity (Wildman–Crippen MR) is 70.1 cm³/mol. The van der Waals surface area contributed by atoms with Gasteiger partial charge in [-0.15, -0.1) is 0 Å². The summed E-state index contributed by atoms with van der Waals surface area (Å²) in [6, 6.07) is 6.42. The lowest BCUT2D eigenvalue weighted by molar-refractivity contribution is 0.438. The van der Waals surface area contributed by atoms with E-state index in [2.05, 4.69) is 35.1 Å². The van der Waals surface area contributed by atoms with E-state index in [1.807, 2.05) is 0 Å². The number of hydrogen-bond donors (Lipinski definition) is 0. The summed E-state index contributed by atoms with van der Waals surface area (Å²) in [4.78, 5) is 8.99. The summed E-state index contributed by atoms with van der Waals surface area (Å²) in [5.41, 5.74) is 3.66. The van der Waals surface area contributed by atoms with Gasteiger partial charge in [0.2, 0.25) is 0 Å². The minimum atomic E-state index is 0.649. The summed E-state index contributed by atoms with van der Waals surface area (Å²) in [5, 5.41) is 1.26. The zero-order valence-corrected chi connectivity index (χ0v) is 10.3. The highest BCUT2D eigenvalue weighted by Crippen LogP contribution is 2.34. The molecule has 0 N–H and O–H groups in total. The molecule has 1 aliphatic rings. The van der Waals surface area contributed by atoms with Crippen LogP contribution in [0.1, 0.15) is 49.3 Å². The monoisotopic (exact) mass is 226 g/mol. The van der Waals surface area contributed by atoms with Gasteiger partial charge in [-0.05, 0) is 25.3 Å². The lowest BCUT2D eigenvalue weighted by Crippen LogP contribution is -2.07. The van der Waals surface area contributed by atoms with Crippen LogP contribution in [0, 0.1) is 6.92 Å². The van der Waals surface area contributed by atoms with Crippen LogP contribution in [0.25, 0.3) is 10.9 Å². The number of aromatic nitrogens is 2. The Morgan fingerprint density at radius 3 is 2.71 bits per heavy atom. The second-order valence-electron chi connectivity index (χ2n) is 5.06. The van der Waals surface area contributed by atoms with E-state index >= 15 is 0 Å². The Hall–Kier alpha value is -1.44. The number of fused-ring (bicyclic) bond motifs is 1. The van der Waals surface area contributed by atoms with Crippen LogP contribution in [0.15, 0.2) is 24.5 Å². The van der Waals surface area contributed by atoms with Crippen LogP contribution in [-0.2, 0) is 0 Å². The van der Waals surface area contributed by atoms with E-state index in [-0.39, 0.29) is 0 Å². The quantitative estimate of drug-likeness (QED) is 0.735. The van der Waals surface area contributed by atoms with Crippen molar-refractivity contribution in [3.05, 3.63) is 35.8 Å². The van der Waals surface area contributed by atoms with Gasteiger partial charge in [-0.25, -0.2) is 9.97 Å². The molecule has 2 aromatic rings. The maximum absolute atomic E-state index is 4.56. The van der Waals surface area contributed by atoms with Crippen molar-refractivity contribution in [3.63, 3.8) is 0 Å². The summed E-state index contributed by atoms with van der Waals surface area (Å²) in [6.45, 7) is 2.12. The van der Waals surface area contributed by atoms with Crippen LogP contribution in [0.2, 0.25) is 0 Å². The molecule has 1 aromatic heterocycles. The van der Waals surface area contributed by atoms with Gasteiger partial charge in [-0.2, -0.15) is 0 Å². The minimum Gasteiger partial charge on any atom is -0.240 e. The molecule has 0 saturated heterocycles. The Morgan fingerprint density at radius 1 is 1.06 bits per heavy atom. The molecule has 2 nitrogen and oxygen atoms in total. The molecule has 1 fully saturated rings. The zero-order chi connectivity index (χ0) is 11.7. The van der Waals surface area contributed by atoms with Gasteiger partial charge in [0, 0.05) is 11.3 Å². The Labute approximate surface area is 102 Å². The van der Waals surface area contributed by atoms with Crippen molar-refractivity contribution in [1.29, 1.82) is 0 Å². The number of hydrogen-bond acceptors (Lipinski definition) is 2. The molecule has 1 aliphatic carbocycles. The normalized spacial score (nSPS) is 17.5. The summed E-state index contributed by atoms with van der Waals surface area (Å²) in [5.74, 6) is 0.649. The van der Waals surface area contributed by atoms with Crippen molar-refractivity contribution in [2.75, 3.05) is 0 Å². The van der Waals surface area contributed by atoms with E-state index in [0.717, 1.165) is 5.52 Å². The third-order valence-electron chi connectivity index (χ3n) is 3.89. The molecular formula is C15H18N2. The molecule has 0 amide bonds. The average molecular weight is 226 g/mol. The van der Waals surface area contributed by atoms with Crippen molar-refractivity contribution < 1.29 is 0 Å². The molecule has 0 spiro atoms. The topological polar surface area (TPSA) is 25.8 Å². The Balaban J connectivity index is 2.12. The first-order chi connectivity index (χ1) is 8.36. The molecule has 0 aliphatic heterocycles. The van der Waals surface area contributed by atoms with E-state index in [1.165, 1.54) is 48.7 Å². The molecular weight excluding hydrogens is 208 g/mol. The molecule has 1 heterocycles. The highest BCUT2D eigenvalue weighted by atomic mass is 14.8. The molecule has 88 valence electrons. The number of nitrogens with zero attached hydrogens (tertiary/aromatic N) is 2. The van der Waals surface area contributed by atoms with Gasteiger partial charge in [0.15, 0.2) is 0 Å². The van der Waals surface area contributed by atoms with Gasteiger partial charge < -0.3 is 0 Å². The van der Waals surface area contributed by atoms with Crippen LogP contribution in [0.3, 0.4) is 0 Å². The third-order valence-corrected chi connectivity index (χ3v) is 3.89. The van der Waals surface area contributed by atoms with Crippen LogP contribution >= 0.6 is 0 Å². The van der Waals surface area contributed by atoms with E-state index in [9.17, 15) is 0 Å². The minimum absolute atomic E-state index is 0.649. The lowest BCUT2D eigenvalue weighted by atomic mass is 9.85. The van der Waals surface area contributed by atoms with Crippen LogP contribution < -0.4 is 0 Å². The first-order valence-electron chi connectivity index (χ1n) is 6.56. The molecule has 2 heteroatoms. The van der Waals surface area contributed by atoms with Crippen molar-refractivity contribution in [2.45, 2.75) is 44.9 Å². The Bertz CT molecular complexity index is 527. The van der Waals surface area contributed by atoms with Gasteiger partial charge in [0.25, 0.3) is 0 Å². The van der Waals surface area contributed by atoms with Crippen LogP contribution in [0.4, 0.5) is 0 Å². The molecule has 17 heavy (non-hydrogen) atoms. The van der Waals surface area contributed by atoms with Crippen molar-refractivity contribution >= 4 is 10.9 Å². The highest BCUT2D eigenvalue weighted by molar-refractivity contribution is 5.83. The van der Waals surface area contributed by atoms with E-state index in [1.54, 1.807) is 6.33 Å². The van der Waals surface area contributed by atoms with Gasteiger partial charge >= 0.3 is 0 Å². The Kier molecular flexibility index (Phi) is 2.79. The first-order valence-corrected chi connectivity index (χ1v) is 6.56. The largest absolute Gasteiger partial charge is 0.240 e. The summed E-state index contributed by atoms with van der Waals surface area (Å²) >= 11 is 0. The number of rotatable bonds is 1. The molecule has 1 aromatic carbocycles. The second kappa shape index (κ2) is 4.44. The fourth-order valence-electron chi connectivity index (χ4n) is 2.96. The predicted octanol–water partition coefficient (Wildman–Crippen LogP) is 3.99. The highest BCUT2D eigenvalue weighted by Gasteiger charge is 2.19. The van der Waals surface area contributed by atoms with E-state index in [0.29, 0.717) is 5.92 Å². The standard InChI is InChI=1S/C15H18N2/c1-11-6-5-9-13-14(11)16-10-17-15(13)12-7-3-2-4-8-12/h5-6,9-10,12H,2-4,7-8H2,1H3. The number of benzene rings is 1. The SMILES string of the molecule is Cc1cccc2c(C3CCCCC3)ncnc12. The molecule has 0 radical (unpaired) electrons. The molecule has 0 bridgehead atoms. The fourth-order valence-corrected chi connectivity index (χ4v) is 2.96. The number of aryl methyl sites for hydroxylation is 1. The van der Waals surface area contributed by atoms with E-state index < -0.39 is 0 Å². The van der Waals surface area contributed by atoms with Gasteiger partial charge in [-0.1, -0.05) is 37.5 Å². The fraction of sp³-hybridized carbons (Fsp3) is 0.467. The van der Waals surface area contributed by atoms with E-state index in [4.69, 9.17) is 0 Å². The van der Waals surface area contributed by atoms with Crippen LogP contribution in [-0.4, -0.2) is 9.97 Å². The maximum atomic E-state index is 4.56. The van der Waals surface area contributed by atoms with Gasteiger partial charge in [0.1, 0.15) is 6.33 Å². The Morgan fingerprint density at radius 2 is 1.88 bits per heavy atom. The molecule has 3 rings (SSSR count). The lowest BCUT2D eigenvalue weighted by Gasteiger charge is -2.22.